The first-order valence-electron chi connectivity index (χ1n) is 4.98. The average molecular weight is 260 g/mol. The number of amides is 1. The molecular formula is C11H18BrNO. The zero-order valence-electron chi connectivity index (χ0n) is 9.14. The maximum absolute atomic E-state index is 11.4. The molecule has 0 radical (unpaired) electrons. The van der Waals surface area contributed by atoms with Crippen molar-refractivity contribution in [2.45, 2.75) is 27.2 Å². The second-order valence-corrected chi connectivity index (χ2v) is 5.26. The van der Waals surface area contributed by atoms with E-state index in [-0.39, 0.29) is 11.3 Å². The second kappa shape index (κ2) is 4.47. The highest BCUT2D eigenvalue weighted by atomic mass is 79.9. The van der Waals surface area contributed by atoms with Crippen LogP contribution >= 0.6 is 15.9 Å². The van der Waals surface area contributed by atoms with E-state index in [4.69, 9.17) is 0 Å². The Morgan fingerprint density at radius 3 is 2.57 bits per heavy atom. The summed E-state index contributed by atoms with van der Waals surface area (Å²) in [7, 11) is 0. The number of hydrogen-bond donors (Lipinski definition) is 0. The van der Waals surface area contributed by atoms with Crippen molar-refractivity contribution in [2.75, 3.05) is 18.4 Å². The van der Waals surface area contributed by atoms with Gasteiger partial charge in [-0.1, -0.05) is 48.4 Å². The summed E-state index contributed by atoms with van der Waals surface area (Å²) in [5.41, 5.74) is 1.72. The van der Waals surface area contributed by atoms with Gasteiger partial charge in [-0.15, -0.1) is 0 Å². The van der Waals surface area contributed by atoms with E-state index >= 15 is 0 Å². The standard InChI is InChI=1S/C11H18BrNO/c1-11(2,3)9-4-6-13(7-5-9)10(14)8-12/h4H,5-8H2,1-3H3. The lowest BCUT2D eigenvalue weighted by Gasteiger charge is -2.31. The molecule has 0 aromatic rings. The van der Waals surface area contributed by atoms with Crippen LogP contribution in [0.3, 0.4) is 0 Å². The quantitative estimate of drug-likeness (QED) is 0.524. The van der Waals surface area contributed by atoms with Crippen LogP contribution in [-0.4, -0.2) is 29.2 Å². The molecule has 14 heavy (non-hydrogen) atoms. The minimum Gasteiger partial charge on any atom is -0.338 e. The van der Waals surface area contributed by atoms with Crippen LogP contribution in [-0.2, 0) is 4.79 Å². The SMILES string of the molecule is CC(C)(C)C1=CCN(C(=O)CBr)CC1. The van der Waals surface area contributed by atoms with Crippen molar-refractivity contribution in [1.82, 2.24) is 4.90 Å². The minimum atomic E-state index is 0.189. The normalized spacial score (nSPS) is 18.0. The number of nitrogens with zero attached hydrogens (tertiary/aromatic N) is 1. The van der Waals surface area contributed by atoms with Gasteiger partial charge in [-0.2, -0.15) is 0 Å². The van der Waals surface area contributed by atoms with Gasteiger partial charge < -0.3 is 4.90 Å². The summed E-state index contributed by atoms with van der Waals surface area (Å²) in [5, 5.41) is 0.436. The molecule has 1 amide bonds. The highest BCUT2D eigenvalue weighted by molar-refractivity contribution is 9.09. The lowest BCUT2D eigenvalue weighted by molar-refractivity contribution is -0.128. The number of hydrogen-bond acceptors (Lipinski definition) is 1. The molecule has 1 heterocycles. The molecule has 0 aromatic heterocycles. The monoisotopic (exact) mass is 259 g/mol. The maximum atomic E-state index is 11.4. The van der Waals surface area contributed by atoms with Crippen molar-refractivity contribution in [2.24, 2.45) is 5.41 Å². The minimum absolute atomic E-state index is 0.189. The molecule has 1 aliphatic heterocycles. The number of halogens is 1. The van der Waals surface area contributed by atoms with Gasteiger partial charge in [0, 0.05) is 13.1 Å². The first-order chi connectivity index (χ1) is 6.45. The van der Waals surface area contributed by atoms with E-state index in [9.17, 15) is 4.79 Å². The largest absolute Gasteiger partial charge is 0.338 e. The fourth-order valence-corrected chi connectivity index (χ4v) is 2.02. The summed E-state index contributed by atoms with van der Waals surface area (Å²) in [6, 6.07) is 0. The van der Waals surface area contributed by atoms with E-state index in [1.807, 2.05) is 4.90 Å². The second-order valence-electron chi connectivity index (χ2n) is 4.70. The summed E-state index contributed by atoms with van der Waals surface area (Å²) in [5.74, 6) is 0.189. The molecule has 2 nitrogen and oxygen atoms in total. The molecule has 0 saturated carbocycles. The highest BCUT2D eigenvalue weighted by Gasteiger charge is 2.22. The van der Waals surface area contributed by atoms with Crippen molar-refractivity contribution in [3.63, 3.8) is 0 Å². The molecule has 0 spiro atoms. The fourth-order valence-electron chi connectivity index (χ4n) is 1.66. The van der Waals surface area contributed by atoms with Crippen LogP contribution in [0.15, 0.2) is 11.6 Å². The Balaban J connectivity index is 2.60. The zero-order chi connectivity index (χ0) is 10.8. The van der Waals surface area contributed by atoms with Gasteiger partial charge in [-0.05, 0) is 11.8 Å². The third kappa shape index (κ3) is 2.84. The third-order valence-electron chi connectivity index (χ3n) is 2.64. The van der Waals surface area contributed by atoms with E-state index in [0.29, 0.717) is 5.33 Å². The van der Waals surface area contributed by atoms with Crippen molar-refractivity contribution >= 4 is 21.8 Å². The van der Waals surface area contributed by atoms with Gasteiger partial charge in [0.25, 0.3) is 0 Å². The molecule has 0 aromatic carbocycles. The molecule has 0 bridgehead atoms. The molecule has 1 rings (SSSR count). The maximum Gasteiger partial charge on any atom is 0.233 e. The molecule has 1 aliphatic rings. The van der Waals surface area contributed by atoms with E-state index < -0.39 is 0 Å². The highest BCUT2D eigenvalue weighted by Crippen LogP contribution is 2.29. The first kappa shape index (κ1) is 11.8. The van der Waals surface area contributed by atoms with Gasteiger partial charge in [-0.25, -0.2) is 0 Å². The van der Waals surface area contributed by atoms with Crippen molar-refractivity contribution in [3.05, 3.63) is 11.6 Å². The summed E-state index contributed by atoms with van der Waals surface area (Å²) >= 11 is 3.19. The fraction of sp³-hybridized carbons (Fsp3) is 0.727. The van der Waals surface area contributed by atoms with Crippen LogP contribution in [0.2, 0.25) is 0 Å². The Bertz CT molecular complexity index is 253. The van der Waals surface area contributed by atoms with E-state index in [1.165, 1.54) is 5.57 Å². The molecule has 0 atom stereocenters. The number of carbonyl (C=O) groups is 1. The average Bonchev–Trinajstić information content (AvgIpc) is 2.15. The van der Waals surface area contributed by atoms with Crippen LogP contribution < -0.4 is 0 Å². The van der Waals surface area contributed by atoms with Gasteiger partial charge in [-0.3, -0.25) is 4.79 Å². The molecule has 80 valence electrons. The molecule has 3 heteroatoms. The third-order valence-corrected chi connectivity index (χ3v) is 3.12. The van der Waals surface area contributed by atoms with Gasteiger partial charge >= 0.3 is 0 Å². The van der Waals surface area contributed by atoms with E-state index in [2.05, 4.69) is 42.8 Å². The van der Waals surface area contributed by atoms with Gasteiger partial charge in [0.2, 0.25) is 5.91 Å². The Labute approximate surface area is 94.5 Å². The first-order valence-corrected chi connectivity index (χ1v) is 6.10. The molecular weight excluding hydrogens is 242 g/mol. The van der Waals surface area contributed by atoms with Crippen molar-refractivity contribution < 1.29 is 4.79 Å². The Kier molecular flexibility index (Phi) is 3.76. The number of alkyl halides is 1. The van der Waals surface area contributed by atoms with Crippen LogP contribution in [0.25, 0.3) is 0 Å². The summed E-state index contributed by atoms with van der Waals surface area (Å²) in [6.45, 7) is 8.31. The van der Waals surface area contributed by atoms with Crippen LogP contribution in [0, 0.1) is 5.41 Å². The zero-order valence-corrected chi connectivity index (χ0v) is 10.7. The van der Waals surface area contributed by atoms with Crippen LogP contribution in [0.4, 0.5) is 0 Å². The smallest absolute Gasteiger partial charge is 0.233 e. The number of carbonyl (C=O) groups excluding carboxylic acids is 1. The molecule has 0 N–H and O–H groups in total. The molecule has 0 fully saturated rings. The summed E-state index contributed by atoms with van der Waals surface area (Å²) in [4.78, 5) is 13.3. The summed E-state index contributed by atoms with van der Waals surface area (Å²) in [6.07, 6.45) is 3.21. The Morgan fingerprint density at radius 1 is 1.57 bits per heavy atom. The predicted molar refractivity (Wildman–Crippen MR) is 62.5 cm³/mol. The van der Waals surface area contributed by atoms with Gasteiger partial charge in [0.1, 0.15) is 0 Å². The predicted octanol–water partition coefficient (Wildman–Crippen LogP) is 2.59. The number of rotatable bonds is 1. The lowest BCUT2D eigenvalue weighted by atomic mass is 9.83. The van der Waals surface area contributed by atoms with Gasteiger partial charge in [0.15, 0.2) is 0 Å². The van der Waals surface area contributed by atoms with E-state index in [0.717, 1.165) is 19.5 Å². The molecule has 0 unspecified atom stereocenters. The molecule has 0 aliphatic carbocycles. The van der Waals surface area contributed by atoms with E-state index in [1.54, 1.807) is 0 Å². The van der Waals surface area contributed by atoms with Crippen LogP contribution in [0.5, 0.6) is 0 Å². The molecule has 0 saturated heterocycles. The Hall–Kier alpha value is -0.310. The van der Waals surface area contributed by atoms with Gasteiger partial charge in [0.05, 0.1) is 5.33 Å². The summed E-state index contributed by atoms with van der Waals surface area (Å²) < 4.78 is 0. The van der Waals surface area contributed by atoms with Crippen molar-refractivity contribution in [1.29, 1.82) is 0 Å². The van der Waals surface area contributed by atoms with Crippen molar-refractivity contribution in [3.8, 4) is 0 Å². The lowest BCUT2D eigenvalue weighted by Crippen LogP contribution is -2.36. The topological polar surface area (TPSA) is 20.3 Å². The Morgan fingerprint density at radius 2 is 2.21 bits per heavy atom. The van der Waals surface area contributed by atoms with Crippen LogP contribution in [0.1, 0.15) is 27.2 Å².